The molecule has 1 aliphatic rings. The first-order chi connectivity index (χ1) is 17.8. The molecule has 1 aliphatic carbocycles. The number of carbonyl (C=O) groups excluding carboxylic acids is 1. The largest absolute Gasteiger partial charge is 0.416 e. The van der Waals surface area contributed by atoms with Crippen molar-refractivity contribution in [2.24, 2.45) is 0 Å². The molecule has 2 heterocycles. The highest BCUT2D eigenvalue weighted by Crippen LogP contribution is 2.35. The molecule has 0 unspecified atom stereocenters. The summed E-state index contributed by atoms with van der Waals surface area (Å²) in [5.41, 5.74) is 1.62. The summed E-state index contributed by atoms with van der Waals surface area (Å²) >= 11 is 12.2. The summed E-state index contributed by atoms with van der Waals surface area (Å²) in [6.07, 6.45) is -0.726. The number of hydrogen-bond acceptors (Lipinski definition) is 5. The summed E-state index contributed by atoms with van der Waals surface area (Å²) in [7, 11) is -4.25. The molecule has 0 radical (unpaired) electrons. The van der Waals surface area contributed by atoms with Crippen molar-refractivity contribution >= 4 is 56.2 Å². The molecular weight excluding hydrogens is 591 g/mol. The van der Waals surface area contributed by atoms with E-state index in [2.05, 4.69) is 10.4 Å². The van der Waals surface area contributed by atoms with E-state index in [1.165, 1.54) is 12.1 Å². The number of aromatic nitrogens is 2. The van der Waals surface area contributed by atoms with Crippen LogP contribution in [-0.4, -0.2) is 30.8 Å². The molecule has 4 rings (SSSR count). The summed E-state index contributed by atoms with van der Waals surface area (Å²) < 4.78 is 81.4. The highest BCUT2D eigenvalue weighted by Gasteiger charge is 2.30. The van der Waals surface area contributed by atoms with Crippen LogP contribution < -0.4 is 10.0 Å². The molecule has 15 heteroatoms. The Bertz CT molecular complexity index is 1460. The van der Waals surface area contributed by atoms with Crippen molar-refractivity contribution in [2.75, 3.05) is 6.54 Å². The van der Waals surface area contributed by atoms with Gasteiger partial charge in [-0.05, 0) is 55.0 Å². The molecule has 0 fully saturated rings. The van der Waals surface area contributed by atoms with E-state index in [1.54, 1.807) is 15.6 Å². The Morgan fingerprint density at radius 1 is 1.16 bits per heavy atom. The minimum atomic E-state index is -4.42. The van der Waals surface area contributed by atoms with Gasteiger partial charge in [-0.3, -0.25) is 4.68 Å². The smallest absolute Gasteiger partial charge is 0.331 e. The van der Waals surface area contributed by atoms with Gasteiger partial charge in [-0.1, -0.05) is 35.3 Å². The lowest BCUT2D eigenvalue weighted by Gasteiger charge is -2.19. The number of allylic oxidation sites excluding steroid dienone is 1. The van der Waals surface area contributed by atoms with Crippen LogP contribution in [0.25, 0.3) is 5.57 Å². The van der Waals surface area contributed by atoms with E-state index < -0.39 is 40.2 Å². The number of sulfonamides is 1. The standard InChI is InChI=1S/C23H20Cl2F4N4O3S2/c24-17-10-19(37-21(17)25)38(35,36)32-22(34)30-12-18(26)16-3-1-2-14-11-31-33(20(14)16)9-8-13-4-6-15(7-5-13)23(27,28)29/h4-7,10-11H,1-3,8-9,12H2,(H2,30,32,34). The minimum absolute atomic E-state index is 0.0243. The molecule has 0 saturated heterocycles. The molecule has 0 bridgehead atoms. The first kappa shape index (κ1) is 28.4. The molecule has 0 atom stereocenters. The van der Waals surface area contributed by atoms with Crippen molar-refractivity contribution in [2.45, 2.75) is 42.6 Å². The number of thiophene rings is 1. The number of carbonyl (C=O) groups is 1. The summed E-state index contributed by atoms with van der Waals surface area (Å²) in [5, 5.41) is 6.55. The van der Waals surface area contributed by atoms with Gasteiger partial charge in [-0.25, -0.2) is 22.3 Å². The first-order valence-corrected chi connectivity index (χ1v) is 14.2. The van der Waals surface area contributed by atoms with Gasteiger partial charge in [-0.15, -0.1) is 11.3 Å². The summed E-state index contributed by atoms with van der Waals surface area (Å²) in [4.78, 5) is 12.2. The number of amides is 2. The molecular formula is C23H20Cl2F4N4O3S2. The third kappa shape index (κ3) is 6.50. The highest BCUT2D eigenvalue weighted by atomic mass is 35.5. The number of nitrogens with one attached hydrogen (secondary N) is 2. The fourth-order valence-corrected chi connectivity index (χ4v) is 6.80. The highest BCUT2D eigenvalue weighted by molar-refractivity contribution is 7.92. The number of hydrogen-bond donors (Lipinski definition) is 2. The van der Waals surface area contributed by atoms with Crippen LogP contribution in [0.1, 0.15) is 35.2 Å². The van der Waals surface area contributed by atoms with E-state index in [4.69, 9.17) is 23.2 Å². The van der Waals surface area contributed by atoms with Gasteiger partial charge in [0.2, 0.25) is 0 Å². The van der Waals surface area contributed by atoms with E-state index in [-0.39, 0.29) is 13.6 Å². The molecule has 1 aromatic carbocycles. The second-order valence-corrected chi connectivity index (χ2v) is 12.4. The number of alkyl halides is 3. The zero-order valence-corrected chi connectivity index (χ0v) is 22.6. The van der Waals surface area contributed by atoms with Crippen molar-refractivity contribution in [3.05, 3.63) is 74.1 Å². The van der Waals surface area contributed by atoms with Gasteiger partial charge in [0, 0.05) is 12.1 Å². The van der Waals surface area contributed by atoms with Gasteiger partial charge in [0.05, 0.1) is 29.0 Å². The van der Waals surface area contributed by atoms with E-state index in [0.29, 0.717) is 60.4 Å². The predicted octanol–water partition coefficient (Wildman–Crippen LogP) is 6.22. The van der Waals surface area contributed by atoms with E-state index in [9.17, 15) is 26.4 Å². The Balaban J connectivity index is 1.43. The van der Waals surface area contributed by atoms with Crippen molar-refractivity contribution in [3.8, 4) is 0 Å². The van der Waals surface area contributed by atoms with Crippen LogP contribution in [0.5, 0.6) is 0 Å². The number of rotatable bonds is 7. The van der Waals surface area contributed by atoms with Gasteiger partial charge in [0.15, 0.2) is 0 Å². The fraction of sp³-hybridized carbons (Fsp3) is 0.304. The third-order valence-corrected chi connectivity index (χ3v) is 9.48. The van der Waals surface area contributed by atoms with Gasteiger partial charge in [0.25, 0.3) is 10.0 Å². The van der Waals surface area contributed by atoms with Crippen LogP contribution in [-0.2, 0) is 35.6 Å². The Kier molecular flexibility index (Phi) is 8.40. The number of aryl methyl sites for hydroxylation is 3. The third-order valence-electron chi connectivity index (χ3n) is 5.81. The quantitative estimate of drug-likeness (QED) is 0.311. The molecule has 204 valence electrons. The minimum Gasteiger partial charge on any atom is -0.331 e. The average molecular weight is 611 g/mol. The zero-order chi connectivity index (χ0) is 27.7. The lowest BCUT2D eigenvalue weighted by Crippen LogP contribution is -2.39. The number of urea groups is 1. The molecule has 7 nitrogen and oxygen atoms in total. The number of nitrogens with zero attached hydrogens (tertiary/aromatic N) is 2. The lowest BCUT2D eigenvalue weighted by atomic mass is 9.92. The van der Waals surface area contributed by atoms with E-state index >= 15 is 4.39 Å². The van der Waals surface area contributed by atoms with Crippen LogP contribution in [0.3, 0.4) is 0 Å². The van der Waals surface area contributed by atoms with Crippen molar-refractivity contribution < 1.29 is 30.8 Å². The van der Waals surface area contributed by atoms with E-state index in [0.717, 1.165) is 23.8 Å². The lowest BCUT2D eigenvalue weighted by molar-refractivity contribution is -0.137. The van der Waals surface area contributed by atoms with Gasteiger partial charge in [-0.2, -0.15) is 18.3 Å². The van der Waals surface area contributed by atoms with Crippen molar-refractivity contribution in [3.63, 3.8) is 0 Å². The summed E-state index contributed by atoms with van der Waals surface area (Å²) in [5.74, 6) is -0.656. The molecule has 3 aromatic rings. The second-order valence-electron chi connectivity index (χ2n) is 8.40. The molecule has 2 N–H and O–H groups in total. The average Bonchev–Trinajstić information content (AvgIpc) is 3.43. The van der Waals surface area contributed by atoms with E-state index in [1.807, 2.05) is 0 Å². The Labute approximate surface area is 229 Å². The number of fused-ring (bicyclic) bond motifs is 1. The molecule has 0 spiro atoms. The maximum Gasteiger partial charge on any atom is 0.416 e. The van der Waals surface area contributed by atoms with Crippen LogP contribution in [0.4, 0.5) is 22.4 Å². The first-order valence-electron chi connectivity index (χ1n) is 11.2. The van der Waals surface area contributed by atoms with Crippen LogP contribution in [0.2, 0.25) is 9.36 Å². The number of halogens is 6. The maximum absolute atomic E-state index is 15.2. The van der Waals surface area contributed by atoms with Gasteiger partial charge >= 0.3 is 12.2 Å². The SMILES string of the molecule is O=C(NCC(F)=C1CCCc2cnn(CCc3ccc(C(F)(F)F)cc3)c21)NS(=O)(=O)c1cc(Cl)c(Cl)s1. The molecule has 38 heavy (non-hydrogen) atoms. The van der Waals surface area contributed by atoms with Gasteiger partial charge < -0.3 is 5.32 Å². The monoisotopic (exact) mass is 610 g/mol. The fourth-order valence-electron chi connectivity index (χ4n) is 3.99. The van der Waals surface area contributed by atoms with Crippen LogP contribution in [0, 0.1) is 0 Å². The number of benzene rings is 1. The normalized spacial score (nSPS) is 15.2. The topological polar surface area (TPSA) is 93.1 Å². The Hall–Kier alpha value is -2.61. The predicted molar refractivity (Wildman–Crippen MR) is 136 cm³/mol. The molecule has 0 aliphatic heterocycles. The maximum atomic E-state index is 15.2. The Morgan fingerprint density at radius 3 is 2.50 bits per heavy atom. The summed E-state index contributed by atoms with van der Waals surface area (Å²) in [6.45, 7) is -0.262. The second kappa shape index (κ2) is 11.2. The zero-order valence-electron chi connectivity index (χ0n) is 19.4. The molecule has 2 amide bonds. The van der Waals surface area contributed by atoms with Crippen LogP contribution in [0.15, 0.2) is 46.6 Å². The summed E-state index contributed by atoms with van der Waals surface area (Å²) in [6, 6.07) is 4.78. The van der Waals surface area contributed by atoms with Gasteiger partial charge in [0.1, 0.15) is 14.4 Å². The van der Waals surface area contributed by atoms with Crippen molar-refractivity contribution in [1.29, 1.82) is 0 Å². The Morgan fingerprint density at radius 2 is 1.87 bits per heavy atom. The molecule has 0 saturated carbocycles. The van der Waals surface area contributed by atoms with Crippen LogP contribution >= 0.6 is 34.5 Å². The molecule has 2 aromatic heterocycles. The van der Waals surface area contributed by atoms with Crippen molar-refractivity contribution in [1.82, 2.24) is 19.8 Å².